The number of aryl methyl sites for hydroxylation is 1. The highest BCUT2D eigenvalue weighted by Crippen LogP contribution is 2.35. The second-order valence-corrected chi connectivity index (χ2v) is 7.64. The maximum absolute atomic E-state index is 12.3. The van der Waals surface area contributed by atoms with Gasteiger partial charge in [-0.15, -0.1) is 11.3 Å². The van der Waals surface area contributed by atoms with Crippen molar-refractivity contribution in [1.29, 1.82) is 0 Å². The van der Waals surface area contributed by atoms with Crippen molar-refractivity contribution >= 4 is 16.3 Å². The fourth-order valence-corrected chi connectivity index (χ4v) is 5.20. The van der Waals surface area contributed by atoms with Crippen LogP contribution in [0.25, 0.3) is 4.96 Å². The van der Waals surface area contributed by atoms with E-state index in [-0.39, 0.29) is 5.56 Å². The van der Waals surface area contributed by atoms with Crippen LogP contribution >= 0.6 is 11.3 Å². The van der Waals surface area contributed by atoms with Crippen LogP contribution < -0.4 is 5.56 Å². The van der Waals surface area contributed by atoms with Gasteiger partial charge in [0.15, 0.2) is 4.96 Å². The molecule has 4 nitrogen and oxygen atoms in total. The highest BCUT2D eigenvalue weighted by molar-refractivity contribution is 7.15. The molecule has 22 heavy (non-hydrogen) atoms. The van der Waals surface area contributed by atoms with Crippen LogP contribution in [0.15, 0.2) is 16.2 Å². The van der Waals surface area contributed by atoms with Gasteiger partial charge in [-0.1, -0.05) is 12.8 Å². The van der Waals surface area contributed by atoms with Gasteiger partial charge in [-0.05, 0) is 45.1 Å². The van der Waals surface area contributed by atoms with E-state index in [0.29, 0.717) is 6.04 Å². The quantitative estimate of drug-likeness (QED) is 0.853. The molecule has 5 heteroatoms. The number of thiazole rings is 1. The molecular weight excluding hydrogens is 294 g/mol. The van der Waals surface area contributed by atoms with E-state index in [1.54, 1.807) is 21.8 Å². The molecule has 0 aromatic carbocycles. The molecule has 0 N–H and O–H groups in total. The summed E-state index contributed by atoms with van der Waals surface area (Å²) >= 11 is 1.56. The van der Waals surface area contributed by atoms with Crippen molar-refractivity contribution < 1.29 is 0 Å². The molecule has 0 unspecified atom stereocenters. The van der Waals surface area contributed by atoms with E-state index in [4.69, 9.17) is 4.98 Å². The third-order valence-corrected chi connectivity index (χ3v) is 6.30. The summed E-state index contributed by atoms with van der Waals surface area (Å²) in [5.74, 6) is 0.872. The van der Waals surface area contributed by atoms with Crippen molar-refractivity contribution in [1.82, 2.24) is 14.3 Å². The molecule has 1 aliphatic heterocycles. The second-order valence-electron chi connectivity index (χ2n) is 6.81. The second kappa shape index (κ2) is 5.78. The van der Waals surface area contributed by atoms with Gasteiger partial charge in [-0.2, -0.15) is 0 Å². The summed E-state index contributed by atoms with van der Waals surface area (Å²) in [7, 11) is 0. The minimum atomic E-state index is 0.0657. The number of rotatable bonds is 2. The molecule has 1 saturated carbocycles. The Morgan fingerprint density at radius 1 is 1.27 bits per heavy atom. The monoisotopic (exact) mass is 317 g/mol. The van der Waals surface area contributed by atoms with E-state index in [1.807, 2.05) is 12.3 Å². The molecule has 0 bridgehead atoms. The molecule has 2 fully saturated rings. The summed E-state index contributed by atoms with van der Waals surface area (Å²) in [5.41, 5.74) is 1.99. The number of piperidine rings is 1. The third-order valence-electron chi connectivity index (χ3n) is 5.35. The van der Waals surface area contributed by atoms with E-state index in [1.165, 1.54) is 38.5 Å². The van der Waals surface area contributed by atoms with Crippen molar-refractivity contribution in [2.24, 2.45) is 5.92 Å². The lowest BCUT2D eigenvalue weighted by molar-refractivity contribution is 0.0537. The van der Waals surface area contributed by atoms with Crippen molar-refractivity contribution in [2.45, 2.75) is 58.0 Å². The minimum Gasteiger partial charge on any atom is -0.294 e. The zero-order valence-electron chi connectivity index (χ0n) is 13.1. The van der Waals surface area contributed by atoms with Crippen LogP contribution in [-0.4, -0.2) is 26.9 Å². The standard InChI is InChI=1S/C17H23N3OS/c1-12-11-22-17-18-14(9-16(21)20(12)17)10-19-8-4-6-13-5-2-3-7-15(13)19/h9,11,13,15H,2-8,10H2,1H3/t13-,15-/m1/s1. The molecule has 1 saturated heterocycles. The first-order valence-corrected chi connectivity index (χ1v) is 9.31. The maximum Gasteiger partial charge on any atom is 0.259 e. The van der Waals surface area contributed by atoms with Crippen LogP contribution in [0, 0.1) is 12.8 Å². The predicted octanol–water partition coefficient (Wildman–Crippen LogP) is 3.22. The van der Waals surface area contributed by atoms with Crippen molar-refractivity contribution in [3.05, 3.63) is 33.2 Å². The van der Waals surface area contributed by atoms with Gasteiger partial charge in [-0.3, -0.25) is 14.1 Å². The smallest absolute Gasteiger partial charge is 0.259 e. The van der Waals surface area contributed by atoms with Crippen LogP contribution in [0.1, 0.15) is 49.9 Å². The van der Waals surface area contributed by atoms with E-state index in [9.17, 15) is 4.79 Å². The molecule has 1 aliphatic carbocycles. The average Bonchev–Trinajstić information content (AvgIpc) is 2.89. The highest BCUT2D eigenvalue weighted by atomic mass is 32.1. The Morgan fingerprint density at radius 2 is 2.09 bits per heavy atom. The van der Waals surface area contributed by atoms with Gasteiger partial charge in [0, 0.05) is 29.7 Å². The van der Waals surface area contributed by atoms with Gasteiger partial charge in [-0.25, -0.2) is 4.98 Å². The van der Waals surface area contributed by atoms with Gasteiger partial charge in [0.1, 0.15) is 0 Å². The number of likely N-dealkylation sites (tertiary alicyclic amines) is 1. The van der Waals surface area contributed by atoms with Crippen LogP contribution in [0.5, 0.6) is 0 Å². The van der Waals surface area contributed by atoms with Crippen LogP contribution in [0.4, 0.5) is 0 Å². The van der Waals surface area contributed by atoms with Crippen LogP contribution in [-0.2, 0) is 6.54 Å². The summed E-state index contributed by atoms with van der Waals surface area (Å²) < 4.78 is 1.72. The van der Waals surface area contributed by atoms with Crippen molar-refractivity contribution in [3.63, 3.8) is 0 Å². The Kier molecular flexibility index (Phi) is 3.78. The van der Waals surface area contributed by atoms with Crippen molar-refractivity contribution in [3.8, 4) is 0 Å². The molecule has 2 aromatic rings. The average molecular weight is 317 g/mol. The summed E-state index contributed by atoms with van der Waals surface area (Å²) in [6.45, 7) is 3.96. The topological polar surface area (TPSA) is 37.6 Å². The Labute approximate surface area is 134 Å². The highest BCUT2D eigenvalue weighted by Gasteiger charge is 2.33. The molecule has 0 amide bonds. The molecule has 2 aliphatic rings. The van der Waals surface area contributed by atoms with E-state index in [0.717, 1.165) is 35.4 Å². The molecule has 3 heterocycles. The van der Waals surface area contributed by atoms with E-state index < -0.39 is 0 Å². The van der Waals surface area contributed by atoms with Crippen LogP contribution in [0.2, 0.25) is 0 Å². The zero-order chi connectivity index (χ0) is 15.1. The molecule has 0 radical (unpaired) electrons. The van der Waals surface area contributed by atoms with Gasteiger partial charge < -0.3 is 0 Å². The number of hydrogen-bond acceptors (Lipinski definition) is 4. The van der Waals surface area contributed by atoms with Gasteiger partial charge >= 0.3 is 0 Å². The summed E-state index contributed by atoms with van der Waals surface area (Å²) in [5, 5.41) is 2.01. The molecule has 4 rings (SSSR count). The molecular formula is C17H23N3OS. The summed E-state index contributed by atoms with van der Waals surface area (Å²) in [4.78, 5) is 20.5. The summed E-state index contributed by atoms with van der Waals surface area (Å²) in [6.07, 6.45) is 8.15. The Bertz CT molecular complexity index is 733. The van der Waals surface area contributed by atoms with Gasteiger partial charge in [0.25, 0.3) is 5.56 Å². The lowest BCUT2D eigenvalue weighted by Crippen LogP contribution is -2.46. The largest absolute Gasteiger partial charge is 0.294 e. The van der Waals surface area contributed by atoms with E-state index in [2.05, 4.69) is 4.90 Å². The number of fused-ring (bicyclic) bond motifs is 2. The predicted molar refractivity (Wildman–Crippen MR) is 89.5 cm³/mol. The summed E-state index contributed by atoms with van der Waals surface area (Å²) in [6, 6.07) is 2.45. The first kappa shape index (κ1) is 14.4. The lowest BCUT2D eigenvalue weighted by atomic mass is 9.78. The number of hydrogen-bond donors (Lipinski definition) is 0. The fraction of sp³-hybridized carbons (Fsp3) is 0.647. The number of nitrogens with zero attached hydrogens (tertiary/aromatic N) is 3. The normalized spacial score (nSPS) is 26.2. The maximum atomic E-state index is 12.3. The van der Waals surface area contributed by atoms with Crippen molar-refractivity contribution in [2.75, 3.05) is 6.54 Å². The first-order chi connectivity index (χ1) is 10.7. The van der Waals surface area contributed by atoms with E-state index >= 15 is 0 Å². The molecule has 118 valence electrons. The van der Waals surface area contributed by atoms with Gasteiger partial charge in [0.05, 0.1) is 5.69 Å². The molecule has 0 spiro atoms. The third kappa shape index (κ3) is 2.50. The zero-order valence-corrected chi connectivity index (χ0v) is 13.9. The SMILES string of the molecule is Cc1csc2nc(CN3CCC[C@H]4CCCC[C@H]43)cc(=O)n12. The van der Waals surface area contributed by atoms with Crippen LogP contribution in [0.3, 0.4) is 0 Å². The molecule has 2 aromatic heterocycles. The number of aromatic nitrogens is 2. The minimum absolute atomic E-state index is 0.0657. The molecule has 2 atom stereocenters. The Balaban J connectivity index is 1.61. The Hall–Kier alpha value is -1.20. The fourth-order valence-electron chi connectivity index (χ4n) is 4.31. The lowest BCUT2D eigenvalue weighted by Gasteiger charge is -2.44. The Morgan fingerprint density at radius 3 is 3.00 bits per heavy atom. The first-order valence-electron chi connectivity index (χ1n) is 8.43. The van der Waals surface area contributed by atoms with Gasteiger partial charge in [0.2, 0.25) is 0 Å².